The topological polar surface area (TPSA) is 74.8 Å². The number of ketones is 1. The van der Waals surface area contributed by atoms with Gasteiger partial charge in [0.1, 0.15) is 6.54 Å². The van der Waals surface area contributed by atoms with E-state index in [2.05, 4.69) is 0 Å². The first kappa shape index (κ1) is 22.2. The number of amides is 3. The summed E-state index contributed by atoms with van der Waals surface area (Å²) in [4.78, 5) is 52.8. The zero-order chi connectivity index (χ0) is 23.0. The van der Waals surface area contributed by atoms with Crippen molar-refractivity contribution < 1.29 is 19.2 Å². The molecule has 0 bridgehead atoms. The van der Waals surface area contributed by atoms with Crippen LogP contribution in [0.5, 0.6) is 0 Å². The van der Waals surface area contributed by atoms with E-state index >= 15 is 0 Å². The number of hydrogen-bond donors (Lipinski definition) is 0. The summed E-state index contributed by atoms with van der Waals surface area (Å²) in [5, 5.41) is 2.15. The second-order valence-electron chi connectivity index (χ2n) is 7.92. The molecule has 0 radical (unpaired) electrons. The summed E-state index contributed by atoms with van der Waals surface area (Å²) >= 11 is 12.2. The number of benzene rings is 2. The number of rotatable bonds is 5. The van der Waals surface area contributed by atoms with E-state index < -0.39 is 41.9 Å². The number of hydrogen-bond acceptors (Lipinski definition) is 4. The Hall–Kier alpha value is -2.96. The Balaban J connectivity index is 1.71. The predicted octanol–water partition coefficient (Wildman–Crippen LogP) is 4.49. The van der Waals surface area contributed by atoms with Crippen molar-refractivity contribution in [2.45, 2.75) is 19.8 Å². The van der Waals surface area contributed by atoms with E-state index in [1.54, 1.807) is 24.3 Å². The van der Waals surface area contributed by atoms with Crippen LogP contribution in [0.1, 0.15) is 39.1 Å². The van der Waals surface area contributed by atoms with Gasteiger partial charge in [0.15, 0.2) is 5.78 Å². The summed E-state index contributed by atoms with van der Waals surface area (Å²) in [6, 6.07) is 11.1. The maximum absolute atomic E-state index is 13.5. The number of aryl methyl sites for hydroxylation is 1. The Kier molecular flexibility index (Phi) is 6.17. The van der Waals surface area contributed by atoms with Gasteiger partial charge >= 0.3 is 0 Å². The second-order valence-corrected chi connectivity index (χ2v) is 8.76. The number of carbonyl (C=O) groups is 4. The molecule has 0 saturated carbocycles. The van der Waals surface area contributed by atoms with Crippen LogP contribution in [0.15, 0.2) is 54.6 Å². The minimum absolute atomic E-state index is 0.0429. The van der Waals surface area contributed by atoms with Crippen LogP contribution in [0.2, 0.25) is 10.0 Å². The predicted molar refractivity (Wildman–Crippen MR) is 120 cm³/mol. The fourth-order valence-electron chi connectivity index (χ4n) is 4.02. The molecule has 164 valence electrons. The fourth-order valence-corrected chi connectivity index (χ4v) is 4.51. The highest BCUT2D eigenvalue weighted by Crippen LogP contribution is 2.36. The van der Waals surface area contributed by atoms with Crippen LogP contribution in [-0.2, 0) is 9.59 Å². The first-order valence-corrected chi connectivity index (χ1v) is 10.9. The third kappa shape index (κ3) is 4.08. The molecule has 4 rings (SSSR count). The van der Waals surface area contributed by atoms with E-state index in [-0.39, 0.29) is 10.6 Å². The molecule has 8 heteroatoms. The van der Waals surface area contributed by atoms with E-state index in [4.69, 9.17) is 23.2 Å². The SMILES string of the molecule is Cc1ccc(C(=O)CN(C(=O)c2ccc(Cl)cc2Cl)N2C(=O)[C@@H]3CC=CC[C@H]3C2=O)cc1. The van der Waals surface area contributed by atoms with Crippen LogP contribution in [0.25, 0.3) is 0 Å². The molecule has 2 aromatic rings. The maximum Gasteiger partial charge on any atom is 0.274 e. The van der Waals surface area contributed by atoms with Gasteiger partial charge in [-0.2, -0.15) is 5.01 Å². The monoisotopic (exact) mass is 470 g/mol. The van der Waals surface area contributed by atoms with E-state index in [0.29, 0.717) is 23.4 Å². The highest BCUT2D eigenvalue weighted by molar-refractivity contribution is 6.36. The van der Waals surface area contributed by atoms with Crippen molar-refractivity contribution >= 4 is 46.7 Å². The molecule has 2 aliphatic rings. The van der Waals surface area contributed by atoms with Crippen molar-refractivity contribution in [3.8, 4) is 0 Å². The lowest BCUT2D eigenvalue weighted by molar-refractivity contribution is -0.154. The number of halogens is 2. The number of imide groups is 1. The maximum atomic E-state index is 13.5. The number of fused-ring (bicyclic) bond motifs is 1. The van der Waals surface area contributed by atoms with Gasteiger partial charge < -0.3 is 0 Å². The molecule has 1 fully saturated rings. The van der Waals surface area contributed by atoms with Crippen molar-refractivity contribution in [3.63, 3.8) is 0 Å². The molecule has 2 atom stereocenters. The van der Waals surface area contributed by atoms with Crippen LogP contribution in [0, 0.1) is 18.8 Å². The first-order chi connectivity index (χ1) is 15.3. The van der Waals surface area contributed by atoms with E-state index in [1.807, 2.05) is 19.1 Å². The van der Waals surface area contributed by atoms with Crippen molar-refractivity contribution in [1.29, 1.82) is 0 Å². The van der Waals surface area contributed by atoms with Crippen LogP contribution >= 0.6 is 23.2 Å². The molecule has 1 aliphatic heterocycles. The number of allylic oxidation sites excluding steroid dienone is 2. The van der Waals surface area contributed by atoms with Crippen LogP contribution in [0.4, 0.5) is 0 Å². The van der Waals surface area contributed by atoms with Crippen molar-refractivity contribution in [1.82, 2.24) is 10.0 Å². The van der Waals surface area contributed by atoms with Gasteiger partial charge in [0.2, 0.25) is 0 Å². The third-order valence-corrected chi connectivity index (χ3v) is 6.34. The summed E-state index contributed by atoms with van der Waals surface area (Å²) in [5.74, 6) is -3.19. The summed E-state index contributed by atoms with van der Waals surface area (Å²) in [5.41, 5.74) is 1.39. The minimum atomic E-state index is -0.722. The summed E-state index contributed by atoms with van der Waals surface area (Å²) in [6.07, 6.45) is 4.55. The number of nitrogens with zero attached hydrogens (tertiary/aromatic N) is 2. The van der Waals surface area contributed by atoms with E-state index in [1.165, 1.54) is 18.2 Å². The summed E-state index contributed by atoms with van der Waals surface area (Å²) in [7, 11) is 0. The standard InChI is InChI=1S/C24H20Cl2N2O4/c1-14-6-8-15(9-7-14)21(29)13-27(22(30)19-11-10-16(25)12-20(19)26)28-23(31)17-4-2-3-5-18(17)24(28)32/h2-3,6-12,17-18H,4-5,13H2,1H3/t17-,18-/m1/s1. The van der Waals surface area contributed by atoms with E-state index in [9.17, 15) is 19.2 Å². The molecule has 0 unspecified atom stereocenters. The average Bonchev–Trinajstić information content (AvgIpc) is 3.02. The van der Waals surface area contributed by atoms with E-state index in [0.717, 1.165) is 15.6 Å². The van der Waals surface area contributed by atoms with Crippen LogP contribution in [0.3, 0.4) is 0 Å². The molecule has 1 saturated heterocycles. The molecule has 1 heterocycles. The molecular formula is C24H20Cl2N2O4. The Bertz CT molecular complexity index is 1120. The molecule has 0 spiro atoms. The lowest BCUT2D eigenvalue weighted by Crippen LogP contribution is -2.52. The van der Waals surface area contributed by atoms with Crippen molar-refractivity contribution in [2.24, 2.45) is 11.8 Å². The highest BCUT2D eigenvalue weighted by atomic mass is 35.5. The van der Waals surface area contributed by atoms with Gasteiger partial charge in [0.25, 0.3) is 17.7 Å². The van der Waals surface area contributed by atoms with Gasteiger partial charge in [0.05, 0.1) is 22.4 Å². The average molecular weight is 471 g/mol. The van der Waals surface area contributed by atoms with Gasteiger partial charge in [-0.3, -0.25) is 19.2 Å². The number of hydrazine groups is 1. The van der Waals surface area contributed by atoms with Crippen LogP contribution < -0.4 is 0 Å². The smallest absolute Gasteiger partial charge is 0.274 e. The Labute approximate surface area is 195 Å². The largest absolute Gasteiger partial charge is 0.292 e. The summed E-state index contributed by atoms with van der Waals surface area (Å²) in [6.45, 7) is 1.41. The zero-order valence-corrected chi connectivity index (χ0v) is 18.8. The van der Waals surface area contributed by atoms with Gasteiger partial charge in [0, 0.05) is 10.6 Å². The van der Waals surface area contributed by atoms with Gasteiger partial charge in [-0.1, -0.05) is 65.2 Å². The zero-order valence-electron chi connectivity index (χ0n) is 17.3. The Morgan fingerprint density at radius 3 is 2.12 bits per heavy atom. The van der Waals surface area contributed by atoms with Crippen molar-refractivity contribution in [2.75, 3.05) is 6.54 Å². The second kappa shape index (κ2) is 8.88. The van der Waals surface area contributed by atoms with Gasteiger partial charge in [-0.25, -0.2) is 5.01 Å². The molecule has 1 aliphatic carbocycles. The lowest BCUT2D eigenvalue weighted by Gasteiger charge is -2.30. The molecule has 0 N–H and O–H groups in total. The normalized spacial score (nSPS) is 19.8. The Morgan fingerprint density at radius 2 is 1.56 bits per heavy atom. The molecule has 2 aromatic carbocycles. The highest BCUT2D eigenvalue weighted by Gasteiger charge is 2.51. The molecule has 3 amide bonds. The van der Waals surface area contributed by atoms with Crippen LogP contribution in [-0.4, -0.2) is 40.1 Å². The lowest BCUT2D eigenvalue weighted by atomic mass is 9.85. The number of carbonyl (C=O) groups excluding carboxylic acids is 4. The fraction of sp³-hybridized carbons (Fsp3) is 0.250. The summed E-state index contributed by atoms with van der Waals surface area (Å²) < 4.78 is 0. The quantitative estimate of drug-likeness (QED) is 0.366. The van der Waals surface area contributed by atoms with Crippen molar-refractivity contribution in [3.05, 3.63) is 81.4 Å². The molecule has 32 heavy (non-hydrogen) atoms. The number of Topliss-reactive ketones (excluding diaryl/α,β-unsaturated/α-hetero) is 1. The Morgan fingerprint density at radius 1 is 0.969 bits per heavy atom. The van der Waals surface area contributed by atoms with Gasteiger partial charge in [-0.15, -0.1) is 0 Å². The molecule has 0 aromatic heterocycles. The van der Waals surface area contributed by atoms with Gasteiger partial charge in [-0.05, 0) is 38.0 Å². The first-order valence-electron chi connectivity index (χ1n) is 10.2. The minimum Gasteiger partial charge on any atom is -0.292 e. The molecule has 6 nitrogen and oxygen atoms in total. The third-order valence-electron chi connectivity index (χ3n) is 5.79. The molecular weight excluding hydrogens is 451 g/mol.